The SMILES string of the molecule is CCCc1c(OCCCn2c(=O)cc(C)[nH]c2=O)ccc2c(C(F)(F)F)noc12. The molecule has 3 rings (SSSR count). The lowest BCUT2D eigenvalue weighted by Crippen LogP contribution is -2.35. The average molecular weight is 411 g/mol. The number of alkyl halides is 3. The molecule has 2 heterocycles. The molecule has 0 atom stereocenters. The van der Waals surface area contributed by atoms with Crippen LogP contribution in [0.4, 0.5) is 13.2 Å². The number of aromatic nitrogens is 3. The predicted octanol–water partition coefficient (Wildman–Crippen LogP) is 3.43. The smallest absolute Gasteiger partial charge is 0.437 e. The van der Waals surface area contributed by atoms with Crippen LogP contribution < -0.4 is 16.0 Å². The topological polar surface area (TPSA) is 90.1 Å². The van der Waals surface area contributed by atoms with Crippen LogP contribution in [0.3, 0.4) is 0 Å². The largest absolute Gasteiger partial charge is 0.493 e. The van der Waals surface area contributed by atoms with Crippen LogP contribution in [0.25, 0.3) is 11.0 Å². The van der Waals surface area contributed by atoms with Crippen LogP contribution in [-0.4, -0.2) is 21.3 Å². The Hall–Kier alpha value is -3.04. The summed E-state index contributed by atoms with van der Waals surface area (Å²) < 4.78 is 50.9. The van der Waals surface area contributed by atoms with E-state index in [1.165, 1.54) is 18.2 Å². The molecule has 0 unspecified atom stereocenters. The highest BCUT2D eigenvalue weighted by atomic mass is 19.4. The van der Waals surface area contributed by atoms with Gasteiger partial charge in [-0.15, -0.1) is 0 Å². The third kappa shape index (κ3) is 4.36. The first-order valence-electron chi connectivity index (χ1n) is 9.14. The first-order chi connectivity index (χ1) is 13.7. The summed E-state index contributed by atoms with van der Waals surface area (Å²) in [6.07, 6.45) is -3.12. The van der Waals surface area contributed by atoms with Crippen LogP contribution in [0.5, 0.6) is 5.75 Å². The monoisotopic (exact) mass is 411 g/mol. The molecule has 0 saturated carbocycles. The van der Waals surface area contributed by atoms with E-state index in [1.807, 2.05) is 6.92 Å². The van der Waals surface area contributed by atoms with Gasteiger partial charge in [0.25, 0.3) is 5.56 Å². The Bertz CT molecular complexity index is 1100. The highest BCUT2D eigenvalue weighted by molar-refractivity contribution is 5.85. The second kappa shape index (κ2) is 8.14. The molecule has 29 heavy (non-hydrogen) atoms. The summed E-state index contributed by atoms with van der Waals surface area (Å²) in [5, 5.41) is 3.08. The second-order valence-electron chi connectivity index (χ2n) is 6.65. The molecule has 0 amide bonds. The maximum absolute atomic E-state index is 13.1. The number of rotatable bonds is 7. The maximum Gasteiger partial charge on any atom is 0.437 e. The lowest BCUT2D eigenvalue weighted by atomic mass is 10.0. The summed E-state index contributed by atoms with van der Waals surface area (Å²) in [4.78, 5) is 26.3. The van der Waals surface area contributed by atoms with Crippen molar-refractivity contribution in [1.29, 1.82) is 0 Å². The van der Waals surface area contributed by atoms with E-state index in [4.69, 9.17) is 9.26 Å². The molecule has 0 aliphatic heterocycles. The fourth-order valence-electron chi connectivity index (χ4n) is 3.12. The molecule has 1 aromatic carbocycles. The highest BCUT2D eigenvalue weighted by Crippen LogP contribution is 2.38. The van der Waals surface area contributed by atoms with Gasteiger partial charge in [-0.3, -0.25) is 9.36 Å². The fourth-order valence-corrected chi connectivity index (χ4v) is 3.12. The van der Waals surface area contributed by atoms with Crippen molar-refractivity contribution in [3.63, 3.8) is 0 Å². The zero-order valence-corrected chi connectivity index (χ0v) is 15.9. The number of aryl methyl sites for hydroxylation is 2. The van der Waals surface area contributed by atoms with Crippen molar-refractivity contribution in [3.05, 3.63) is 56.0 Å². The van der Waals surface area contributed by atoms with Gasteiger partial charge in [0.2, 0.25) is 0 Å². The first-order valence-corrected chi connectivity index (χ1v) is 9.14. The van der Waals surface area contributed by atoms with Gasteiger partial charge < -0.3 is 14.2 Å². The van der Waals surface area contributed by atoms with Crippen LogP contribution >= 0.6 is 0 Å². The number of halogens is 3. The van der Waals surface area contributed by atoms with E-state index in [0.717, 1.165) is 4.57 Å². The Balaban J connectivity index is 1.77. The number of H-pyrrole nitrogens is 1. The van der Waals surface area contributed by atoms with E-state index in [9.17, 15) is 22.8 Å². The molecule has 0 fully saturated rings. The normalized spacial score (nSPS) is 11.9. The van der Waals surface area contributed by atoms with Gasteiger partial charge in [0, 0.05) is 23.9 Å². The van der Waals surface area contributed by atoms with E-state index in [2.05, 4.69) is 10.1 Å². The number of nitrogens with one attached hydrogen (secondary N) is 1. The second-order valence-corrected chi connectivity index (χ2v) is 6.65. The summed E-state index contributed by atoms with van der Waals surface area (Å²) in [5.41, 5.74) is -0.906. The third-order valence-electron chi connectivity index (χ3n) is 4.41. The van der Waals surface area contributed by atoms with E-state index in [-0.39, 0.29) is 24.1 Å². The Morgan fingerprint density at radius 1 is 1.28 bits per heavy atom. The third-order valence-corrected chi connectivity index (χ3v) is 4.41. The summed E-state index contributed by atoms with van der Waals surface area (Å²) >= 11 is 0. The van der Waals surface area contributed by atoms with Crippen molar-refractivity contribution in [2.75, 3.05) is 6.61 Å². The summed E-state index contributed by atoms with van der Waals surface area (Å²) in [6, 6.07) is 4.07. The Morgan fingerprint density at radius 2 is 2.03 bits per heavy atom. The Morgan fingerprint density at radius 3 is 2.69 bits per heavy atom. The molecule has 10 heteroatoms. The van der Waals surface area contributed by atoms with Gasteiger partial charge in [0.1, 0.15) is 5.75 Å². The number of fused-ring (bicyclic) bond motifs is 1. The Kier molecular flexibility index (Phi) is 5.81. The predicted molar refractivity (Wildman–Crippen MR) is 99.2 cm³/mol. The lowest BCUT2D eigenvalue weighted by molar-refractivity contribution is -0.141. The van der Waals surface area contributed by atoms with Crippen molar-refractivity contribution < 1.29 is 22.4 Å². The van der Waals surface area contributed by atoms with E-state index in [0.29, 0.717) is 36.3 Å². The molecule has 0 aliphatic rings. The summed E-state index contributed by atoms with van der Waals surface area (Å²) in [7, 11) is 0. The lowest BCUT2D eigenvalue weighted by Gasteiger charge is -2.12. The molecule has 0 aliphatic carbocycles. The zero-order chi connectivity index (χ0) is 21.2. The van der Waals surface area contributed by atoms with Crippen LogP contribution in [0, 0.1) is 6.92 Å². The number of ether oxygens (including phenoxy) is 1. The highest BCUT2D eigenvalue weighted by Gasteiger charge is 2.37. The van der Waals surface area contributed by atoms with Crippen LogP contribution in [0.2, 0.25) is 0 Å². The molecule has 0 bridgehead atoms. The summed E-state index contributed by atoms with van der Waals surface area (Å²) in [5.74, 6) is 0.398. The van der Waals surface area contributed by atoms with Crippen molar-refractivity contribution in [2.45, 2.75) is 45.8 Å². The van der Waals surface area contributed by atoms with Crippen LogP contribution in [-0.2, 0) is 19.1 Å². The van der Waals surface area contributed by atoms with Gasteiger partial charge >= 0.3 is 11.9 Å². The van der Waals surface area contributed by atoms with Crippen LogP contribution in [0.15, 0.2) is 32.3 Å². The first kappa shape index (κ1) is 20.7. The van der Waals surface area contributed by atoms with E-state index >= 15 is 0 Å². The summed E-state index contributed by atoms with van der Waals surface area (Å²) in [6.45, 7) is 3.83. The van der Waals surface area contributed by atoms with Gasteiger partial charge in [-0.25, -0.2) is 4.79 Å². The standard InChI is InChI=1S/C19H20F3N3O4/c1-3-5-12-14(7-6-13-16(12)29-24-17(13)19(20,21)22)28-9-4-8-25-15(26)10-11(2)23-18(25)27/h6-7,10H,3-5,8-9H2,1-2H3,(H,23,27). The molecule has 7 nitrogen and oxygen atoms in total. The van der Waals surface area contributed by atoms with Gasteiger partial charge in [-0.05, 0) is 31.9 Å². The minimum absolute atomic E-state index is 0.0582. The van der Waals surface area contributed by atoms with Gasteiger partial charge in [-0.2, -0.15) is 13.2 Å². The number of benzene rings is 1. The number of aromatic amines is 1. The molecule has 0 spiro atoms. The average Bonchev–Trinajstić information content (AvgIpc) is 3.06. The molecule has 2 aromatic heterocycles. The van der Waals surface area contributed by atoms with Crippen molar-refractivity contribution >= 4 is 11.0 Å². The molecule has 3 aromatic rings. The Labute approximate surface area is 163 Å². The minimum atomic E-state index is -4.61. The van der Waals surface area contributed by atoms with Crippen LogP contribution in [0.1, 0.15) is 36.7 Å². The molecule has 1 N–H and O–H groups in total. The van der Waals surface area contributed by atoms with E-state index in [1.54, 1.807) is 6.92 Å². The van der Waals surface area contributed by atoms with E-state index < -0.39 is 23.1 Å². The number of hydrogen-bond acceptors (Lipinski definition) is 5. The number of nitrogens with zero attached hydrogens (tertiary/aromatic N) is 2. The van der Waals surface area contributed by atoms with Crippen molar-refractivity contribution in [2.24, 2.45) is 0 Å². The van der Waals surface area contributed by atoms with Gasteiger partial charge in [-0.1, -0.05) is 18.5 Å². The quantitative estimate of drug-likeness (QED) is 0.602. The zero-order valence-electron chi connectivity index (χ0n) is 15.9. The van der Waals surface area contributed by atoms with Gasteiger partial charge in [0.15, 0.2) is 11.3 Å². The molecular formula is C19H20F3N3O4. The fraction of sp³-hybridized carbons (Fsp3) is 0.421. The minimum Gasteiger partial charge on any atom is -0.493 e. The molecule has 0 saturated heterocycles. The molecule has 156 valence electrons. The maximum atomic E-state index is 13.1. The molecule has 0 radical (unpaired) electrons. The van der Waals surface area contributed by atoms with Gasteiger partial charge in [0.05, 0.1) is 12.0 Å². The van der Waals surface area contributed by atoms with Crippen molar-refractivity contribution in [3.8, 4) is 5.75 Å². The molecular weight excluding hydrogens is 391 g/mol. The number of hydrogen-bond donors (Lipinski definition) is 1. The van der Waals surface area contributed by atoms with Crippen molar-refractivity contribution in [1.82, 2.24) is 14.7 Å².